The molecular formula is C13H20N2O3S. The molecule has 0 atom stereocenters. The Balaban J connectivity index is 2.62. The van der Waals surface area contributed by atoms with E-state index >= 15 is 0 Å². The quantitative estimate of drug-likeness (QED) is 0.709. The molecule has 1 amide bonds. The summed E-state index contributed by atoms with van der Waals surface area (Å²) in [4.78, 5) is 27.9. The molecule has 0 aromatic carbocycles. The van der Waals surface area contributed by atoms with Crippen LogP contribution in [0.5, 0.6) is 0 Å². The number of amides is 1. The molecule has 0 saturated heterocycles. The minimum Gasteiger partial charge on any atom is -0.469 e. The first kappa shape index (κ1) is 15.7. The topological polar surface area (TPSA) is 49.9 Å². The Morgan fingerprint density at radius 3 is 2.53 bits per heavy atom. The molecule has 0 saturated carbocycles. The minimum atomic E-state index is -0.297. The van der Waals surface area contributed by atoms with Gasteiger partial charge in [-0.15, -0.1) is 11.3 Å². The highest BCUT2D eigenvalue weighted by molar-refractivity contribution is 7.12. The minimum absolute atomic E-state index is 0.0271. The van der Waals surface area contributed by atoms with E-state index in [2.05, 4.69) is 4.74 Å². The molecule has 5 nitrogen and oxygen atoms in total. The van der Waals surface area contributed by atoms with Crippen LogP contribution in [-0.2, 0) is 9.53 Å². The summed E-state index contributed by atoms with van der Waals surface area (Å²) in [5.74, 6) is -0.324. The molecule has 106 valence electrons. The highest BCUT2D eigenvalue weighted by Crippen LogP contribution is 2.12. The fourth-order valence-electron chi connectivity index (χ4n) is 1.52. The van der Waals surface area contributed by atoms with Crippen molar-refractivity contribution < 1.29 is 14.3 Å². The fourth-order valence-corrected chi connectivity index (χ4v) is 2.21. The number of likely N-dealkylation sites (N-methyl/N-ethyl adjacent to an activating group) is 1. The van der Waals surface area contributed by atoms with Gasteiger partial charge in [0.1, 0.15) is 0 Å². The number of ether oxygens (including phenoxy) is 1. The Kier molecular flexibility index (Phi) is 6.52. The Bertz CT molecular complexity index is 404. The lowest BCUT2D eigenvalue weighted by Gasteiger charge is -2.23. The molecule has 0 aliphatic heterocycles. The lowest BCUT2D eigenvalue weighted by molar-refractivity contribution is -0.140. The molecule has 0 bridgehead atoms. The molecule has 1 heterocycles. The average molecular weight is 284 g/mol. The van der Waals surface area contributed by atoms with Gasteiger partial charge in [-0.25, -0.2) is 0 Å². The highest BCUT2D eigenvalue weighted by atomic mass is 32.1. The molecule has 0 radical (unpaired) electrons. The molecule has 0 unspecified atom stereocenters. The predicted octanol–water partition coefficient (Wildman–Crippen LogP) is 1.31. The summed E-state index contributed by atoms with van der Waals surface area (Å²) in [5, 5.41) is 1.87. The zero-order valence-electron chi connectivity index (χ0n) is 11.6. The maximum atomic E-state index is 12.3. The Morgan fingerprint density at radius 2 is 2.00 bits per heavy atom. The van der Waals surface area contributed by atoms with Crippen LogP contribution in [0.4, 0.5) is 0 Å². The van der Waals surface area contributed by atoms with Crippen molar-refractivity contribution >= 4 is 23.2 Å². The zero-order valence-corrected chi connectivity index (χ0v) is 12.4. The summed E-state index contributed by atoms with van der Waals surface area (Å²) < 4.78 is 4.61. The van der Waals surface area contributed by atoms with Gasteiger partial charge in [-0.3, -0.25) is 9.59 Å². The maximum Gasteiger partial charge on any atom is 0.307 e. The summed E-state index contributed by atoms with van der Waals surface area (Å²) in [7, 11) is 5.26. The standard InChI is InChI=1S/C13H20N2O3S/c1-14(2)8-9-15(7-6-12(16)18-3)13(17)11-5-4-10-19-11/h4-5,10H,6-9H2,1-3H3. The van der Waals surface area contributed by atoms with Crippen LogP contribution in [0.15, 0.2) is 17.5 Å². The molecular weight excluding hydrogens is 264 g/mol. The first-order valence-corrected chi connectivity index (χ1v) is 6.97. The normalized spacial score (nSPS) is 10.5. The first-order chi connectivity index (χ1) is 9.04. The number of esters is 1. The number of carbonyl (C=O) groups excluding carboxylic acids is 2. The fraction of sp³-hybridized carbons (Fsp3) is 0.538. The lowest BCUT2D eigenvalue weighted by Crippen LogP contribution is -2.37. The van der Waals surface area contributed by atoms with Crippen LogP contribution in [0.2, 0.25) is 0 Å². The third-order valence-corrected chi connectivity index (χ3v) is 3.51. The maximum absolute atomic E-state index is 12.3. The molecule has 0 N–H and O–H groups in total. The van der Waals surface area contributed by atoms with Crippen LogP contribution >= 0.6 is 11.3 Å². The van der Waals surface area contributed by atoms with Crippen molar-refractivity contribution in [1.82, 2.24) is 9.80 Å². The summed E-state index contributed by atoms with van der Waals surface area (Å²) in [6.45, 7) is 1.75. The van der Waals surface area contributed by atoms with E-state index in [9.17, 15) is 9.59 Å². The third kappa shape index (κ3) is 5.40. The van der Waals surface area contributed by atoms with Crippen molar-refractivity contribution in [3.8, 4) is 0 Å². The number of methoxy groups -OCH3 is 1. The van der Waals surface area contributed by atoms with Gasteiger partial charge < -0.3 is 14.5 Å². The smallest absolute Gasteiger partial charge is 0.307 e. The Morgan fingerprint density at radius 1 is 1.26 bits per heavy atom. The largest absolute Gasteiger partial charge is 0.469 e. The van der Waals surface area contributed by atoms with Crippen molar-refractivity contribution in [2.75, 3.05) is 40.8 Å². The van der Waals surface area contributed by atoms with Crippen LogP contribution in [0.1, 0.15) is 16.1 Å². The van der Waals surface area contributed by atoms with Crippen LogP contribution in [-0.4, -0.2) is 62.5 Å². The van der Waals surface area contributed by atoms with E-state index in [0.717, 1.165) is 6.54 Å². The second kappa shape index (κ2) is 7.91. The molecule has 6 heteroatoms. The van der Waals surface area contributed by atoms with Crippen LogP contribution < -0.4 is 0 Å². The van der Waals surface area contributed by atoms with Gasteiger partial charge in [0.2, 0.25) is 0 Å². The number of hydrogen-bond donors (Lipinski definition) is 0. The molecule has 0 spiro atoms. The second-order valence-corrected chi connectivity index (χ2v) is 5.35. The second-order valence-electron chi connectivity index (χ2n) is 4.40. The van der Waals surface area contributed by atoms with Gasteiger partial charge in [0.15, 0.2) is 0 Å². The van der Waals surface area contributed by atoms with Crippen molar-refractivity contribution in [1.29, 1.82) is 0 Å². The molecule has 1 aromatic rings. The molecule has 0 fully saturated rings. The van der Waals surface area contributed by atoms with Gasteiger partial charge in [0.05, 0.1) is 18.4 Å². The summed E-state index contributed by atoms with van der Waals surface area (Å²) in [6.07, 6.45) is 0.223. The molecule has 0 aliphatic rings. The zero-order chi connectivity index (χ0) is 14.3. The summed E-state index contributed by atoms with van der Waals surface area (Å²) >= 11 is 1.41. The van der Waals surface area contributed by atoms with Gasteiger partial charge in [0.25, 0.3) is 5.91 Å². The van der Waals surface area contributed by atoms with Gasteiger partial charge in [-0.05, 0) is 25.5 Å². The molecule has 1 aromatic heterocycles. The van der Waals surface area contributed by atoms with Crippen molar-refractivity contribution in [2.45, 2.75) is 6.42 Å². The lowest BCUT2D eigenvalue weighted by atomic mass is 10.3. The van der Waals surface area contributed by atoms with Crippen LogP contribution in [0, 0.1) is 0 Å². The number of carbonyl (C=O) groups is 2. The molecule has 0 aliphatic carbocycles. The number of rotatable bonds is 7. The predicted molar refractivity (Wildman–Crippen MR) is 75.4 cm³/mol. The van der Waals surface area contributed by atoms with E-state index in [1.54, 1.807) is 11.0 Å². The monoisotopic (exact) mass is 284 g/mol. The van der Waals surface area contributed by atoms with Crippen molar-refractivity contribution in [2.24, 2.45) is 0 Å². The third-order valence-electron chi connectivity index (χ3n) is 2.65. The summed E-state index contributed by atoms with van der Waals surface area (Å²) in [5.41, 5.74) is 0. The average Bonchev–Trinajstić information content (AvgIpc) is 2.91. The van der Waals surface area contributed by atoms with Gasteiger partial charge in [-0.2, -0.15) is 0 Å². The van der Waals surface area contributed by atoms with E-state index in [-0.39, 0.29) is 18.3 Å². The Hall–Kier alpha value is -1.40. The number of nitrogens with zero attached hydrogens (tertiary/aromatic N) is 2. The number of hydrogen-bond acceptors (Lipinski definition) is 5. The molecule has 1 rings (SSSR count). The highest BCUT2D eigenvalue weighted by Gasteiger charge is 2.17. The molecule has 19 heavy (non-hydrogen) atoms. The van der Waals surface area contributed by atoms with Crippen molar-refractivity contribution in [3.05, 3.63) is 22.4 Å². The van der Waals surface area contributed by atoms with Gasteiger partial charge >= 0.3 is 5.97 Å². The Labute approximate surface area is 117 Å². The van der Waals surface area contributed by atoms with E-state index in [0.29, 0.717) is 18.0 Å². The van der Waals surface area contributed by atoms with Crippen molar-refractivity contribution in [3.63, 3.8) is 0 Å². The number of thiophene rings is 1. The van der Waals surface area contributed by atoms with Gasteiger partial charge in [0, 0.05) is 19.6 Å². The van der Waals surface area contributed by atoms with Gasteiger partial charge in [-0.1, -0.05) is 6.07 Å². The SMILES string of the molecule is COC(=O)CCN(CCN(C)C)C(=O)c1cccs1. The van der Waals surface area contributed by atoms with Crippen LogP contribution in [0.3, 0.4) is 0 Å². The van der Waals surface area contributed by atoms with E-state index < -0.39 is 0 Å². The van der Waals surface area contributed by atoms with E-state index in [1.807, 2.05) is 30.4 Å². The van der Waals surface area contributed by atoms with E-state index in [4.69, 9.17) is 0 Å². The van der Waals surface area contributed by atoms with Crippen LogP contribution in [0.25, 0.3) is 0 Å². The van der Waals surface area contributed by atoms with E-state index in [1.165, 1.54) is 18.4 Å². The first-order valence-electron chi connectivity index (χ1n) is 6.09. The summed E-state index contributed by atoms with van der Waals surface area (Å²) in [6, 6.07) is 3.65.